The van der Waals surface area contributed by atoms with Gasteiger partial charge >= 0.3 is 0 Å². The Labute approximate surface area is 269 Å². The van der Waals surface area contributed by atoms with E-state index in [0.717, 1.165) is 22.7 Å². The fraction of sp³-hybridized carbons (Fsp3) is 0.257. The first-order chi connectivity index (χ1) is 21.6. The number of carbonyl (C=O) groups is 2. The van der Waals surface area contributed by atoms with Crippen molar-refractivity contribution in [1.29, 1.82) is 0 Å². The molecule has 0 aliphatic heterocycles. The Hall–Kier alpha value is -4.21. The van der Waals surface area contributed by atoms with Crippen LogP contribution in [0.4, 0.5) is 10.1 Å². The highest BCUT2D eigenvalue weighted by molar-refractivity contribution is 7.92. The zero-order valence-electron chi connectivity index (χ0n) is 25.3. The summed E-state index contributed by atoms with van der Waals surface area (Å²) in [6, 6.07) is 26.7. The zero-order valence-corrected chi connectivity index (χ0v) is 26.9. The van der Waals surface area contributed by atoms with Crippen LogP contribution in [-0.4, -0.2) is 44.3 Å². The number of sulfonamides is 1. The summed E-state index contributed by atoms with van der Waals surface area (Å²) in [4.78, 5) is 29.6. The number of unbranched alkanes of at least 4 members (excludes halogenated alkanes) is 1. The molecule has 2 amide bonds. The molecule has 0 spiro atoms. The molecule has 7 nitrogen and oxygen atoms in total. The highest BCUT2D eigenvalue weighted by Crippen LogP contribution is 2.30. The molecular formula is C35H37ClFN3O4S. The highest BCUT2D eigenvalue weighted by atomic mass is 35.5. The van der Waals surface area contributed by atoms with Crippen LogP contribution in [0.25, 0.3) is 0 Å². The lowest BCUT2D eigenvalue weighted by molar-refractivity contribution is -0.140. The first-order valence-corrected chi connectivity index (χ1v) is 16.6. The molecule has 0 aromatic heterocycles. The summed E-state index contributed by atoms with van der Waals surface area (Å²) in [7, 11) is -4.25. The van der Waals surface area contributed by atoms with Gasteiger partial charge in [-0.05, 0) is 66.4 Å². The number of rotatable bonds is 14. The molecule has 236 valence electrons. The third-order valence-corrected chi connectivity index (χ3v) is 9.43. The van der Waals surface area contributed by atoms with Gasteiger partial charge in [-0.15, -0.1) is 0 Å². The van der Waals surface area contributed by atoms with Crippen LogP contribution in [-0.2, 0) is 32.6 Å². The molecule has 0 heterocycles. The van der Waals surface area contributed by atoms with Gasteiger partial charge in [-0.25, -0.2) is 12.8 Å². The summed E-state index contributed by atoms with van der Waals surface area (Å²) in [6.45, 7) is 3.52. The van der Waals surface area contributed by atoms with Crippen molar-refractivity contribution >= 4 is 39.1 Å². The summed E-state index contributed by atoms with van der Waals surface area (Å²) < 4.78 is 43.1. The standard InChI is InChI=1S/C35H37ClFN3O4S/c1-3-4-21-38-35(42)33(22-27-11-7-5-8-12-27)39(24-28-16-19-30(37)20-17-28)34(41)25-40(32-23-29(36)18-15-26(32)2)45(43,44)31-13-9-6-10-14-31/h5-20,23,33H,3-4,21-22,24-25H2,1-2H3,(H,38,42). The van der Waals surface area contributed by atoms with E-state index in [2.05, 4.69) is 5.32 Å². The predicted molar refractivity (Wildman–Crippen MR) is 176 cm³/mol. The number of nitrogens with zero attached hydrogens (tertiary/aromatic N) is 2. The van der Waals surface area contributed by atoms with Crippen molar-refractivity contribution in [2.24, 2.45) is 0 Å². The van der Waals surface area contributed by atoms with Crippen molar-refractivity contribution in [3.63, 3.8) is 0 Å². The number of hydrogen-bond donors (Lipinski definition) is 1. The molecule has 0 saturated carbocycles. The van der Waals surface area contributed by atoms with Crippen LogP contribution in [0.2, 0.25) is 5.02 Å². The Morgan fingerprint density at radius 3 is 2.18 bits per heavy atom. The second-order valence-corrected chi connectivity index (χ2v) is 13.1. The van der Waals surface area contributed by atoms with Gasteiger partial charge in [-0.3, -0.25) is 13.9 Å². The lowest BCUT2D eigenvalue weighted by Gasteiger charge is -2.34. The fourth-order valence-electron chi connectivity index (χ4n) is 4.93. The van der Waals surface area contributed by atoms with Gasteiger partial charge in [0.1, 0.15) is 18.4 Å². The predicted octanol–water partition coefficient (Wildman–Crippen LogP) is 6.54. The number of anilines is 1. The number of halogens is 2. The van der Waals surface area contributed by atoms with Gasteiger partial charge in [0.05, 0.1) is 10.6 Å². The van der Waals surface area contributed by atoms with E-state index < -0.39 is 34.3 Å². The van der Waals surface area contributed by atoms with E-state index in [4.69, 9.17) is 11.6 Å². The van der Waals surface area contributed by atoms with E-state index in [0.29, 0.717) is 22.7 Å². The van der Waals surface area contributed by atoms with Crippen LogP contribution in [0.5, 0.6) is 0 Å². The molecule has 0 saturated heterocycles. The van der Waals surface area contributed by atoms with E-state index >= 15 is 0 Å². The lowest BCUT2D eigenvalue weighted by atomic mass is 10.0. The monoisotopic (exact) mass is 649 g/mol. The largest absolute Gasteiger partial charge is 0.354 e. The van der Waals surface area contributed by atoms with Gasteiger partial charge in [-0.2, -0.15) is 0 Å². The molecule has 1 atom stereocenters. The van der Waals surface area contributed by atoms with E-state index in [1.165, 1.54) is 35.2 Å². The molecular weight excluding hydrogens is 613 g/mol. The molecule has 4 rings (SSSR count). The number of aryl methyl sites for hydroxylation is 1. The van der Waals surface area contributed by atoms with Crippen molar-refractivity contribution in [2.75, 3.05) is 17.4 Å². The van der Waals surface area contributed by atoms with Crippen LogP contribution < -0.4 is 9.62 Å². The molecule has 1 N–H and O–H groups in total. The Morgan fingerprint density at radius 1 is 0.889 bits per heavy atom. The Bertz CT molecular complexity index is 1690. The minimum absolute atomic E-state index is 0.000374. The van der Waals surface area contributed by atoms with E-state index in [1.807, 2.05) is 37.3 Å². The maximum Gasteiger partial charge on any atom is 0.264 e. The SMILES string of the molecule is CCCCNC(=O)C(Cc1ccccc1)N(Cc1ccc(F)cc1)C(=O)CN(c1cc(Cl)ccc1C)S(=O)(=O)c1ccccc1. The van der Waals surface area contributed by atoms with Crippen LogP contribution in [0.15, 0.2) is 108 Å². The minimum atomic E-state index is -4.25. The molecule has 45 heavy (non-hydrogen) atoms. The fourth-order valence-corrected chi connectivity index (χ4v) is 6.59. The van der Waals surface area contributed by atoms with E-state index in [1.54, 1.807) is 49.4 Å². The number of amides is 2. The lowest BCUT2D eigenvalue weighted by Crippen LogP contribution is -2.53. The molecule has 0 aliphatic carbocycles. The van der Waals surface area contributed by atoms with Crippen LogP contribution in [0.3, 0.4) is 0 Å². The topological polar surface area (TPSA) is 86.8 Å². The molecule has 4 aromatic carbocycles. The van der Waals surface area contributed by atoms with Crippen LogP contribution >= 0.6 is 11.6 Å². The number of hydrogen-bond acceptors (Lipinski definition) is 4. The summed E-state index contributed by atoms with van der Waals surface area (Å²) in [5, 5.41) is 3.25. The third-order valence-electron chi connectivity index (χ3n) is 7.42. The first-order valence-electron chi connectivity index (χ1n) is 14.8. The zero-order chi connectivity index (χ0) is 32.4. The van der Waals surface area contributed by atoms with Crippen molar-refractivity contribution in [2.45, 2.75) is 50.6 Å². The highest BCUT2D eigenvalue weighted by Gasteiger charge is 2.35. The normalized spacial score (nSPS) is 11.9. The quantitative estimate of drug-likeness (QED) is 0.157. The molecule has 0 fully saturated rings. The summed E-state index contributed by atoms with van der Waals surface area (Å²) in [5.41, 5.74) is 2.24. The van der Waals surface area contributed by atoms with Gasteiger partial charge in [0.25, 0.3) is 10.0 Å². The third kappa shape index (κ3) is 8.93. The number of carbonyl (C=O) groups excluding carboxylic acids is 2. The molecule has 0 aliphatic rings. The van der Waals surface area contributed by atoms with Gasteiger partial charge in [0.2, 0.25) is 11.8 Å². The van der Waals surface area contributed by atoms with Crippen molar-refractivity contribution in [1.82, 2.24) is 10.2 Å². The summed E-state index contributed by atoms with van der Waals surface area (Å²) in [5.74, 6) is -1.41. The van der Waals surface area contributed by atoms with Crippen molar-refractivity contribution in [3.05, 3.63) is 131 Å². The number of nitrogens with one attached hydrogen (secondary N) is 1. The van der Waals surface area contributed by atoms with Gasteiger partial charge in [0, 0.05) is 24.5 Å². The van der Waals surface area contributed by atoms with Gasteiger partial charge < -0.3 is 10.2 Å². The van der Waals surface area contributed by atoms with Crippen molar-refractivity contribution in [3.8, 4) is 0 Å². The average molecular weight is 650 g/mol. The Morgan fingerprint density at radius 2 is 1.53 bits per heavy atom. The summed E-state index contributed by atoms with van der Waals surface area (Å²) in [6.07, 6.45) is 1.81. The van der Waals surface area contributed by atoms with Crippen LogP contribution in [0.1, 0.15) is 36.5 Å². The summed E-state index contributed by atoms with van der Waals surface area (Å²) >= 11 is 6.32. The van der Waals surface area contributed by atoms with Crippen LogP contribution in [0, 0.1) is 12.7 Å². The van der Waals surface area contributed by atoms with E-state index in [9.17, 15) is 22.4 Å². The number of benzene rings is 4. The smallest absolute Gasteiger partial charge is 0.264 e. The van der Waals surface area contributed by atoms with Gasteiger partial charge in [-0.1, -0.05) is 91.7 Å². The molecule has 0 bridgehead atoms. The molecule has 10 heteroatoms. The Kier molecular flexibility index (Phi) is 11.7. The second-order valence-electron chi connectivity index (χ2n) is 10.8. The minimum Gasteiger partial charge on any atom is -0.354 e. The maximum atomic E-state index is 14.5. The second kappa shape index (κ2) is 15.7. The molecule has 0 radical (unpaired) electrons. The first kappa shape index (κ1) is 33.7. The Balaban J connectivity index is 1.81. The van der Waals surface area contributed by atoms with E-state index in [-0.39, 0.29) is 29.5 Å². The average Bonchev–Trinajstić information content (AvgIpc) is 3.04. The molecule has 4 aromatic rings. The van der Waals surface area contributed by atoms with Gasteiger partial charge in [0.15, 0.2) is 0 Å². The molecule has 1 unspecified atom stereocenters. The van der Waals surface area contributed by atoms with Crippen molar-refractivity contribution < 1.29 is 22.4 Å². The maximum absolute atomic E-state index is 14.5.